The highest BCUT2D eigenvalue weighted by Crippen LogP contribution is 2.28. The molecule has 0 bridgehead atoms. The second-order valence-electron chi connectivity index (χ2n) is 4.69. The molecular formula is C13H13FN2O4S. The Morgan fingerprint density at radius 2 is 2.14 bits per heavy atom. The summed E-state index contributed by atoms with van der Waals surface area (Å²) in [6.07, 6.45) is 1.34. The molecule has 0 unspecified atom stereocenters. The quantitative estimate of drug-likeness (QED) is 0.907. The van der Waals surface area contributed by atoms with Crippen LogP contribution in [0.15, 0.2) is 23.1 Å². The SMILES string of the molecule is N#Cc1c(F)cccc1S(=O)(=O)N1CCCC[C@@H]1C(=O)O. The van der Waals surface area contributed by atoms with Crippen LogP contribution < -0.4 is 0 Å². The molecule has 6 nitrogen and oxygen atoms in total. The van der Waals surface area contributed by atoms with Crippen molar-refractivity contribution in [3.63, 3.8) is 0 Å². The van der Waals surface area contributed by atoms with Crippen molar-refractivity contribution >= 4 is 16.0 Å². The molecule has 0 aromatic heterocycles. The second-order valence-corrected chi connectivity index (χ2v) is 6.55. The van der Waals surface area contributed by atoms with Crippen LogP contribution in [0.25, 0.3) is 0 Å². The molecule has 1 aliphatic rings. The third kappa shape index (κ3) is 2.75. The summed E-state index contributed by atoms with van der Waals surface area (Å²) in [6.45, 7) is 0.0423. The maximum absolute atomic E-state index is 13.6. The summed E-state index contributed by atoms with van der Waals surface area (Å²) in [5.41, 5.74) is -0.591. The number of nitriles is 1. The van der Waals surface area contributed by atoms with Crippen LogP contribution in [0.1, 0.15) is 24.8 Å². The minimum atomic E-state index is -4.23. The van der Waals surface area contributed by atoms with Gasteiger partial charge in [-0.05, 0) is 31.4 Å². The Morgan fingerprint density at radius 1 is 1.43 bits per heavy atom. The largest absolute Gasteiger partial charge is 0.480 e. The van der Waals surface area contributed by atoms with Gasteiger partial charge in [-0.3, -0.25) is 4.79 Å². The van der Waals surface area contributed by atoms with Gasteiger partial charge in [0.1, 0.15) is 28.4 Å². The number of piperidine rings is 1. The predicted molar refractivity (Wildman–Crippen MR) is 70.3 cm³/mol. The minimum Gasteiger partial charge on any atom is -0.480 e. The van der Waals surface area contributed by atoms with E-state index in [0.717, 1.165) is 16.4 Å². The molecule has 2 rings (SSSR count). The fraction of sp³-hybridized carbons (Fsp3) is 0.385. The zero-order valence-corrected chi connectivity index (χ0v) is 11.8. The summed E-state index contributed by atoms with van der Waals surface area (Å²) in [5.74, 6) is -2.18. The van der Waals surface area contributed by atoms with Crippen LogP contribution in [-0.4, -0.2) is 36.4 Å². The van der Waals surface area contributed by atoms with E-state index in [1.54, 1.807) is 0 Å². The highest BCUT2D eigenvalue weighted by molar-refractivity contribution is 7.89. The van der Waals surface area contributed by atoms with Gasteiger partial charge in [-0.25, -0.2) is 12.8 Å². The van der Waals surface area contributed by atoms with Gasteiger partial charge in [-0.2, -0.15) is 9.57 Å². The molecule has 112 valence electrons. The van der Waals surface area contributed by atoms with Crippen molar-refractivity contribution in [2.75, 3.05) is 6.54 Å². The fourth-order valence-corrected chi connectivity index (χ4v) is 4.20. The number of benzene rings is 1. The van der Waals surface area contributed by atoms with Crippen LogP contribution in [0.3, 0.4) is 0 Å². The molecule has 1 fully saturated rings. The van der Waals surface area contributed by atoms with E-state index in [4.69, 9.17) is 10.4 Å². The summed E-state index contributed by atoms with van der Waals surface area (Å²) in [6, 6.07) is 3.63. The average molecular weight is 312 g/mol. The molecule has 1 heterocycles. The molecule has 0 amide bonds. The predicted octanol–water partition coefficient (Wildman–Crippen LogP) is 1.33. The van der Waals surface area contributed by atoms with Gasteiger partial charge in [-0.1, -0.05) is 6.07 Å². The van der Waals surface area contributed by atoms with E-state index < -0.39 is 38.3 Å². The molecule has 1 aromatic rings. The number of hydrogen-bond acceptors (Lipinski definition) is 4. The Balaban J connectivity index is 2.54. The Labute approximate surface area is 121 Å². The molecule has 1 atom stereocenters. The van der Waals surface area contributed by atoms with Gasteiger partial charge >= 0.3 is 5.97 Å². The van der Waals surface area contributed by atoms with E-state index >= 15 is 0 Å². The van der Waals surface area contributed by atoms with Crippen molar-refractivity contribution in [1.29, 1.82) is 5.26 Å². The second kappa shape index (κ2) is 5.79. The Hall–Kier alpha value is -1.98. The van der Waals surface area contributed by atoms with E-state index in [1.807, 2.05) is 0 Å². The Bertz CT molecular complexity index is 711. The fourth-order valence-electron chi connectivity index (χ4n) is 2.39. The van der Waals surface area contributed by atoms with Gasteiger partial charge in [0.2, 0.25) is 10.0 Å². The number of sulfonamides is 1. The lowest BCUT2D eigenvalue weighted by atomic mass is 10.1. The Morgan fingerprint density at radius 3 is 2.76 bits per heavy atom. The Kier molecular flexibility index (Phi) is 4.25. The molecular weight excluding hydrogens is 299 g/mol. The smallest absolute Gasteiger partial charge is 0.322 e. The number of carboxylic acids is 1. The summed E-state index contributed by atoms with van der Waals surface area (Å²) in [7, 11) is -4.23. The topological polar surface area (TPSA) is 98.5 Å². The van der Waals surface area contributed by atoms with Crippen molar-refractivity contribution in [2.24, 2.45) is 0 Å². The number of hydrogen-bond donors (Lipinski definition) is 1. The van der Waals surface area contributed by atoms with Crippen molar-refractivity contribution in [2.45, 2.75) is 30.2 Å². The summed E-state index contributed by atoms with van der Waals surface area (Å²) in [4.78, 5) is 10.7. The van der Waals surface area contributed by atoms with Gasteiger partial charge < -0.3 is 5.11 Å². The molecule has 1 N–H and O–H groups in total. The van der Waals surface area contributed by atoms with Crippen LogP contribution in [0.5, 0.6) is 0 Å². The van der Waals surface area contributed by atoms with E-state index in [1.165, 1.54) is 12.1 Å². The first-order valence-corrected chi connectivity index (χ1v) is 7.77. The lowest BCUT2D eigenvalue weighted by Crippen LogP contribution is -2.48. The molecule has 0 spiro atoms. The first-order chi connectivity index (χ1) is 9.89. The van der Waals surface area contributed by atoms with Gasteiger partial charge in [0, 0.05) is 6.54 Å². The highest BCUT2D eigenvalue weighted by Gasteiger charge is 2.39. The normalized spacial score (nSPS) is 19.9. The summed E-state index contributed by atoms with van der Waals surface area (Å²) >= 11 is 0. The van der Waals surface area contributed by atoms with Gasteiger partial charge in [0.25, 0.3) is 0 Å². The molecule has 8 heteroatoms. The minimum absolute atomic E-state index is 0.0423. The van der Waals surface area contributed by atoms with Crippen LogP contribution in [-0.2, 0) is 14.8 Å². The van der Waals surface area contributed by atoms with Crippen LogP contribution in [0.4, 0.5) is 4.39 Å². The third-order valence-corrected chi connectivity index (χ3v) is 5.36. The van der Waals surface area contributed by atoms with Crippen LogP contribution in [0.2, 0.25) is 0 Å². The molecule has 1 saturated heterocycles. The third-order valence-electron chi connectivity index (χ3n) is 3.41. The van der Waals surface area contributed by atoms with E-state index in [-0.39, 0.29) is 13.0 Å². The van der Waals surface area contributed by atoms with Crippen molar-refractivity contribution in [3.05, 3.63) is 29.6 Å². The molecule has 1 aliphatic heterocycles. The van der Waals surface area contributed by atoms with Gasteiger partial charge in [-0.15, -0.1) is 0 Å². The molecule has 1 aromatic carbocycles. The molecule has 0 radical (unpaired) electrons. The monoisotopic (exact) mass is 312 g/mol. The first-order valence-electron chi connectivity index (χ1n) is 6.33. The number of carbonyl (C=O) groups is 1. The van der Waals surface area contributed by atoms with Crippen LogP contribution >= 0.6 is 0 Å². The summed E-state index contributed by atoms with van der Waals surface area (Å²) < 4.78 is 39.6. The maximum atomic E-state index is 13.6. The number of carboxylic acid groups (broad SMARTS) is 1. The lowest BCUT2D eigenvalue weighted by Gasteiger charge is -2.32. The number of aliphatic carboxylic acids is 1. The molecule has 0 saturated carbocycles. The molecule has 21 heavy (non-hydrogen) atoms. The zero-order chi connectivity index (χ0) is 15.6. The maximum Gasteiger partial charge on any atom is 0.322 e. The first kappa shape index (κ1) is 15.4. The van der Waals surface area contributed by atoms with Crippen molar-refractivity contribution in [1.82, 2.24) is 4.31 Å². The number of halogens is 1. The lowest BCUT2D eigenvalue weighted by molar-refractivity contribution is -0.142. The standard InChI is InChI=1S/C13H13FN2O4S/c14-10-4-3-6-12(9(10)8-15)21(19,20)16-7-2-1-5-11(16)13(17)18/h3-4,6,11H,1-2,5,7H2,(H,17,18)/t11-/m1/s1. The zero-order valence-electron chi connectivity index (χ0n) is 11.0. The van der Waals surface area contributed by atoms with Crippen molar-refractivity contribution in [3.8, 4) is 6.07 Å². The van der Waals surface area contributed by atoms with E-state index in [2.05, 4.69) is 0 Å². The van der Waals surface area contributed by atoms with Gasteiger partial charge in [0.15, 0.2) is 0 Å². The van der Waals surface area contributed by atoms with Crippen molar-refractivity contribution < 1.29 is 22.7 Å². The van der Waals surface area contributed by atoms with Crippen LogP contribution in [0, 0.1) is 17.1 Å². The summed E-state index contributed by atoms with van der Waals surface area (Å²) in [5, 5.41) is 18.1. The van der Waals surface area contributed by atoms with E-state index in [9.17, 15) is 17.6 Å². The van der Waals surface area contributed by atoms with Gasteiger partial charge in [0.05, 0.1) is 0 Å². The average Bonchev–Trinajstić information content (AvgIpc) is 2.46. The molecule has 0 aliphatic carbocycles. The van der Waals surface area contributed by atoms with E-state index in [0.29, 0.717) is 12.8 Å². The number of rotatable bonds is 3. The number of nitrogens with zero attached hydrogens (tertiary/aromatic N) is 2. The highest BCUT2D eigenvalue weighted by atomic mass is 32.2.